The molecule has 1 aromatic heterocycles. The summed E-state index contributed by atoms with van der Waals surface area (Å²) in [7, 11) is 0. The van der Waals surface area contributed by atoms with E-state index in [2.05, 4.69) is 16.3 Å². The first-order valence-electron chi connectivity index (χ1n) is 7.40. The van der Waals surface area contributed by atoms with Gasteiger partial charge in [0, 0.05) is 5.92 Å². The first-order valence-corrected chi connectivity index (χ1v) is 7.40. The highest BCUT2D eigenvalue weighted by Gasteiger charge is 2.29. The molecule has 1 fully saturated rings. The molecule has 2 N–H and O–H groups in total. The van der Waals surface area contributed by atoms with Gasteiger partial charge in [-0.15, -0.1) is 5.10 Å². The summed E-state index contributed by atoms with van der Waals surface area (Å²) in [6.45, 7) is 4.67. The molecular weight excluding hydrogens is 252 g/mol. The van der Waals surface area contributed by atoms with Gasteiger partial charge in [0.1, 0.15) is 17.7 Å². The SMILES string of the molecule is CCc1nnc(OC2CCCC2CN)c(C#N)c1CC. The van der Waals surface area contributed by atoms with E-state index in [1.54, 1.807) is 0 Å². The van der Waals surface area contributed by atoms with E-state index in [4.69, 9.17) is 10.5 Å². The van der Waals surface area contributed by atoms with Gasteiger partial charge in [0.25, 0.3) is 5.88 Å². The number of aryl methyl sites for hydroxylation is 1. The van der Waals surface area contributed by atoms with E-state index in [1.165, 1.54) is 0 Å². The lowest BCUT2D eigenvalue weighted by Gasteiger charge is -2.20. The molecule has 0 amide bonds. The highest BCUT2D eigenvalue weighted by molar-refractivity contribution is 5.46. The van der Waals surface area contributed by atoms with Crippen molar-refractivity contribution in [2.75, 3.05) is 6.54 Å². The smallest absolute Gasteiger partial charge is 0.252 e. The van der Waals surface area contributed by atoms with Crippen LogP contribution in [0.2, 0.25) is 0 Å². The average molecular weight is 274 g/mol. The van der Waals surface area contributed by atoms with E-state index in [0.717, 1.165) is 43.4 Å². The molecule has 0 aliphatic heterocycles. The van der Waals surface area contributed by atoms with E-state index in [-0.39, 0.29) is 6.10 Å². The van der Waals surface area contributed by atoms with Gasteiger partial charge < -0.3 is 10.5 Å². The molecule has 1 saturated carbocycles. The molecule has 5 heteroatoms. The largest absolute Gasteiger partial charge is 0.472 e. The zero-order valence-electron chi connectivity index (χ0n) is 12.2. The summed E-state index contributed by atoms with van der Waals surface area (Å²) < 4.78 is 5.97. The van der Waals surface area contributed by atoms with Crippen molar-refractivity contribution in [3.63, 3.8) is 0 Å². The third-order valence-electron chi connectivity index (χ3n) is 4.08. The van der Waals surface area contributed by atoms with Crippen LogP contribution < -0.4 is 10.5 Å². The Balaban J connectivity index is 2.30. The predicted molar refractivity (Wildman–Crippen MR) is 76.3 cm³/mol. The average Bonchev–Trinajstić information content (AvgIpc) is 2.93. The van der Waals surface area contributed by atoms with E-state index >= 15 is 0 Å². The molecule has 2 unspecified atom stereocenters. The van der Waals surface area contributed by atoms with Crippen LogP contribution in [-0.4, -0.2) is 22.8 Å². The van der Waals surface area contributed by atoms with Gasteiger partial charge in [-0.1, -0.05) is 13.8 Å². The second-order valence-corrected chi connectivity index (χ2v) is 5.21. The molecule has 108 valence electrons. The van der Waals surface area contributed by atoms with E-state index < -0.39 is 0 Å². The molecule has 5 nitrogen and oxygen atoms in total. The van der Waals surface area contributed by atoms with E-state index in [0.29, 0.717) is 23.9 Å². The Morgan fingerprint density at radius 1 is 1.30 bits per heavy atom. The van der Waals surface area contributed by atoms with Crippen molar-refractivity contribution in [2.24, 2.45) is 11.7 Å². The fraction of sp³-hybridized carbons (Fsp3) is 0.667. The number of hydrogen-bond donors (Lipinski definition) is 1. The Morgan fingerprint density at radius 2 is 2.10 bits per heavy atom. The summed E-state index contributed by atoms with van der Waals surface area (Å²) >= 11 is 0. The van der Waals surface area contributed by atoms with Gasteiger partial charge in [-0.05, 0) is 44.2 Å². The lowest BCUT2D eigenvalue weighted by atomic mass is 10.0. The molecule has 2 rings (SSSR count). The molecule has 0 bridgehead atoms. The topological polar surface area (TPSA) is 84.8 Å². The Bertz CT molecular complexity index is 509. The minimum Gasteiger partial charge on any atom is -0.472 e. The number of nitrogens with two attached hydrogens (primary N) is 1. The molecular formula is C15H22N4O. The van der Waals surface area contributed by atoms with Crippen LogP contribution in [0.5, 0.6) is 5.88 Å². The first-order chi connectivity index (χ1) is 9.74. The highest BCUT2D eigenvalue weighted by atomic mass is 16.5. The highest BCUT2D eigenvalue weighted by Crippen LogP contribution is 2.30. The van der Waals surface area contributed by atoms with Crippen LogP contribution in [0, 0.1) is 17.2 Å². The van der Waals surface area contributed by atoms with Crippen LogP contribution in [-0.2, 0) is 12.8 Å². The molecule has 2 atom stereocenters. The Labute approximate surface area is 120 Å². The van der Waals surface area contributed by atoms with Gasteiger partial charge >= 0.3 is 0 Å². The van der Waals surface area contributed by atoms with Crippen molar-refractivity contribution in [2.45, 2.75) is 52.1 Å². The Morgan fingerprint density at radius 3 is 2.70 bits per heavy atom. The van der Waals surface area contributed by atoms with Crippen LogP contribution >= 0.6 is 0 Å². The lowest BCUT2D eigenvalue weighted by Crippen LogP contribution is -2.28. The van der Waals surface area contributed by atoms with Crippen LogP contribution in [0.3, 0.4) is 0 Å². The molecule has 0 spiro atoms. The van der Waals surface area contributed by atoms with Crippen molar-refractivity contribution < 1.29 is 4.74 Å². The monoisotopic (exact) mass is 274 g/mol. The summed E-state index contributed by atoms with van der Waals surface area (Å²) in [5, 5.41) is 17.8. The maximum absolute atomic E-state index is 9.42. The number of hydrogen-bond acceptors (Lipinski definition) is 5. The van der Waals surface area contributed by atoms with Gasteiger partial charge in [0.05, 0.1) is 5.69 Å². The maximum Gasteiger partial charge on any atom is 0.252 e. The van der Waals surface area contributed by atoms with Crippen molar-refractivity contribution in [3.8, 4) is 11.9 Å². The van der Waals surface area contributed by atoms with Crippen LogP contribution in [0.4, 0.5) is 0 Å². The number of nitrogens with zero attached hydrogens (tertiary/aromatic N) is 3. The predicted octanol–water partition coefficient (Wildman–Crippen LogP) is 1.98. The number of aromatic nitrogens is 2. The fourth-order valence-corrected chi connectivity index (χ4v) is 2.92. The fourth-order valence-electron chi connectivity index (χ4n) is 2.92. The molecule has 1 heterocycles. The molecule has 1 aliphatic carbocycles. The van der Waals surface area contributed by atoms with E-state index in [1.807, 2.05) is 13.8 Å². The Kier molecular flexibility index (Phi) is 4.91. The van der Waals surface area contributed by atoms with Gasteiger partial charge in [0.15, 0.2) is 0 Å². The van der Waals surface area contributed by atoms with Crippen molar-refractivity contribution in [3.05, 3.63) is 16.8 Å². The normalized spacial score (nSPS) is 21.7. The van der Waals surface area contributed by atoms with E-state index in [9.17, 15) is 5.26 Å². The van der Waals surface area contributed by atoms with Crippen molar-refractivity contribution in [1.82, 2.24) is 10.2 Å². The summed E-state index contributed by atoms with van der Waals surface area (Å²) in [5.74, 6) is 0.742. The zero-order chi connectivity index (χ0) is 14.5. The second-order valence-electron chi connectivity index (χ2n) is 5.21. The minimum absolute atomic E-state index is 0.0681. The molecule has 1 aromatic rings. The minimum atomic E-state index is 0.0681. The summed E-state index contributed by atoms with van der Waals surface area (Å²) in [4.78, 5) is 0. The Hall–Kier alpha value is -1.67. The third kappa shape index (κ3) is 2.75. The summed E-state index contributed by atoms with van der Waals surface area (Å²) in [6.07, 6.45) is 4.80. The van der Waals surface area contributed by atoms with Gasteiger partial charge in [-0.25, -0.2) is 0 Å². The summed E-state index contributed by atoms with van der Waals surface area (Å²) in [5.41, 5.74) is 8.16. The van der Waals surface area contributed by atoms with Crippen LogP contribution in [0.1, 0.15) is 49.9 Å². The van der Waals surface area contributed by atoms with Crippen molar-refractivity contribution >= 4 is 0 Å². The molecule has 0 aromatic carbocycles. The number of rotatable bonds is 5. The molecule has 0 saturated heterocycles. The van der Waals surface area contributed by atoms with Gasteiger partial charge in [0.2, 0.25) is 0 Å². The van der Waals surface area contributed by atoms with Crippen molar-refractivity contribution in [1.29, 1.82) is 5.26 Å². The van der Waals surface area contributed by atoms with Gasteiger partial charge in [-0.2, -0.15) is 10.4 Å². The number of ether oxygens (including phenoxy) is 1. The zero-order valence-corrected chi connectivity index (χ0v) is 12.2. The maximum atomic E-state index is 9.42. The standard InChI is InChI=1S/C15H22N4O/c1-3-11-12(9-17)15(19-18-13(11)4-2)20-14-7-5-6-10(14)8-16/h10,14H,3-8,16H2,1-2H3. The molecule has 0 radical (unpaired) electrons. The molecule has 20 heavy (non-hydrogen) atoms. The van der Waals surface area contributed by atoms with Crippen LogP contribution in [0.25, 0.3) is 0 Å². The summed E-state index contributed by atoms with van der Waals surface area (Å²) in [6, 6.07) is 2.24. The quantitative estimate of drug-likeness (QED) is 0.887. The first kappa shape index (κ1) is 14.7. The lowest BCUT2D eigenvalue weighted by molar-refractivity contribution is 0.153. The molecule has 1 aliphatic rings. The second kappa shape index (κ2) is 6.67. The van der Waals surface area contributed by atoms with Crippen LogP contribution in [0.15, 0.2) is 0 Å². The number of nitriles is 1. The van der Waals surface area contributed by atoms with Gasteiger partial charge in [-0.3, -0.25) is 0 Å². The third-order valence-corrected chi connectivity index (χ3v) is 4.08.